The second-order valence-electron chi connectivity index (χ2n) is 3.91. The van der Waals surface area contributed by atoms with E-state index in [-0.39, 0.29) is 6.04 Å². The van der Waals surface area contributed by atoms with Gasteiger partial charge in [0.05, 0.1) is 10.9 Å². The highest BCUT2D eigenvalue weighted by Crippen LogP contribution is 2.30. The topological polar surface area (TPSA) is 77.8 Å². The minimum atomic E-state index is -0.0885. The summed E-state index contributed by atoms with van der Waals surface area (Å²) in [6.07, 6.45) is 0. The summed E-state index contributed by atoms with van der Waals surface area (Å²) in [6, 6.07) is 1.86. The number of thiazole rings is 1. The average Bonchev–Trinajstić information content (AvgIpc) is 3.07. The summed E-state index contributed by atoms with van der Waals surface area (Å²) in [4.78, 5) is 9.68. The van der Waals surface area contributed by atoms with E-state index in [9.17, 15) is 0 Å². The molecule has 0 saturated heterocycles. The lowest BCUT2D eigenvalue weighted by Gasteiger charge is -1.95. The van der Waals surface area contributed by atoms with Crippen molar-refractivity contribution in [3.05, 3.63) is 26.3 Å². The zero-order chi connectivity index (χ0) is 13.4. The van der Waals surface area contributed by atoms with Crippen LogP contribution in [0.2, 0.25) is 0 Å². The third kappa shape index (κ3) is 2.62. The van der Waals surface area contributed by atoms with Gasteiger partial charge in [-0.1, -0.05) is 5.16 Å². The lowest BCUT2D eigenvalue weighted by molar-refractivity contribution is 0.431. The SMILES string of the molecule is CC(N)c1nc(-c2nc(-c3cc(Br)cs3)no2)cs1. The molecule has 0 aliphatic rings. The Balaban J connectivity index is 1.92. The van der Waals surface area contributed by atoms with Crippen LogP contribution in [0.15, 0.2) is 25.8 Å². The van der Waals surface area contributed by atoms with E-state index in [0.717, 1.165) is 14.4 Å². The van der Waals surface area contributed by atoms with Gasteiger partial charge in [-0.2, -0.15) is 4.98 Å². The molecule has 98 valence electrons. The molecule has 3 aromatic heterocycles. The second kappa shape index (κ2) is 5.12. The normalized spacial score (nSPS) is 12.8. The van der Waals surface area contributed by atoms with Crippen molar-refractivity contribution < 1.29 is 4.52 Å². The fourth-order valence-corrected chi connectivity index (χ4v) is 3.56. The molecule has 1 atom stereocenters. The van der Waals surface area contributed by atoms with Gasteiger partial charge >= 0.3 is 0 Å². The lowest BCUT2D eigenvalue weighted by Crippen LogP contribution is -2.03. The number of halogens is 1. The summed E-state index contributed by atoms with van der Waals surface area (Å²) < 4.78 is 6.25. The molecule has 0 bridgehead atoms. The van der Waals surface area contributed by atoms with Crippen molar-refractivity contribution in [2.24, 2.45) is 5.73 Å². The number of rotatable bonds is 3. The van der Waals surface area contributed by atoms with Crippen molar-refractivity contribution in [2.45, 2.75) is 13.0 Å². The van der Waals surface area contributed by atoms with Crippen LogP contribution in [0.3, 0.4) is 0 Å². The average molecular weight is 357 g/mol. The fourth-order valence-electron chi connectivity index (χ4n) is 1.45. The molecular weight excluding hydrogens is 348 g/mol. The molecule has 0 aliphatic heterocycles. The smallest absolute Gasteiger partial charge is 0.277 e. The molecule has 1 unspecified atom stereocenters. The van der Waals surface area contributed by atoms with Crippen molar-refractivity contribution in [3.63, 3.8) is 0 Å². The Kier molecular flexibility index (Phi) is 3.48. The van der Waals surface area contributed by atoms with Crippen LogP contribution in [0.25, 0.3) is 22.3 Å². The first kappa shape index (κ1) is 12.9. The minimum Gasteiger partial charge on any atom is -0.332 e. The lowest BCUT2D eigenvalue weighted by atomic mass is 10.4. The van der Waals surface area contributed by atoms with Crippen LogP contribution in [0.1, 0.15) is 18.0 Å². The second-order valence-corrected chi connectivity index (χ2v) is 6.63. The van der Waals surface area contributed by atoms with E-state index in [1.807, 2.05) is 23.8 Å². The molecule has 3 heterocycles. The van der Waals surface area contributed by atoms with E-state index < -0.39 is 0 Å². The molecule has 0 spiro atoms. The van der Waals surface area contributed by atoms with Gasteiger partial charge in [0, 0.05) is 15.2 Å². The van der Waals surface area contributed by atoms with E-state index in [4.69, 9.17) is 10.3 Å². The first-order chi connectivity index (χ1) is 9.13. The van der Waals surface area contributed by atoms with Crippen LogP contribution in [-0.2, 0) is 0 Å². The predicted molar refractivity (Wildman–Crippen MR) is 79.0 cm³/mol. The Hall–Kier alpha value is -1.09. The number of hydrogen-bond acceptors (Lipinski definition) is 7. The van der Waals surface area contributed by atoms with E-state index in [1.165, 1.54) is 11.3 Å². The summed E-state index contributed by atoms with van der Waals surface area (Å²) in [7, 11) is 0. The van der Waals surface area contributed by atoms with Crippen molar-refractivity contribution in [1.29, 1.82) is 0 Å². The molecule has 8 heteroatoms. The van der Waals surface area contributed by atoms with Crippen LogP contribution in [-0.4, -0.2) is 15.1 Å². The Bertz CT molecular complexity index is 703. The number of aromatic nitrogens is 3. The van der Waals surface area contributed by atoms with Crippen LogP contribution in [0.5, 0.6) is 0 Å². The van der Waals surface area contributed by atoms with Gasteiger partial charge in [-0.3, -0.25) is 0 Å². The molecule has 3 rings (SSSR count). The number of nitrogens with zero attached hydrogens (tertiary/aromatic N) is 3. The highest BCUT2D eigenvalue weighted by Gasteiger charge is 2.15. The van der Waals surface area contributed by atoms with Gasteiger partial charge in [-0.15, -0.1) is 22.7 Å². The molecule has 0 aromatic carbocycles. The number of thiophene rings is 1. The molecule has 0 fully saturated rings. The van der Waals surface area contributed by atoms with E-state index in [1.54, 1.807) is 11.3 Å². The maximum absolute atomic E-state index is 5.78. The first-order valence-electron chi connectivity index (χ1n) is 5.43. The monoisotopic (exact) mass is 356 g/mol. The molecule has 3 aromatic rings. The van der Waals surface area contributed by atoms with Gasteiger partial charge in [0.2, 0.25) is 5.82 Å². The Morgan fingerprint density at radius 1 is 1.32 bits per heavy atom. The van der Waals surface area contributed by atoms with Crippen molar-refractivity contribution in [1.82, 2.24) is 15.1 Å². The third-order valence-corrected chi connectivity index (χ3v) is 5.08. The van der Waals surface area contributed by atoms with Crippen LogP contribution < -0.4 is 5.73 Å². The first-order valence-corrected chi connectivity index (χ1v) is 7.98. The summed E-state index contributed by atoms with van der Waals surface area (Å²) in [6.45, 7) is 1.89. The predicted octanol–water partition coefficient (Wildman–Crippen LogP) is 3.70. The third-order valence-electron chi connectivity index (χ3n) is 2.34. The van der Waals surface area contributed by atoms with E-state index in [0.29, 0.717) is 17.4 Å². The standard InChI is InChI=1S/C11H9BrN4OS2/c1-5(13)11-14-7(4-19-11)10-15-9(16-17-10)8-2-6(12)3-18-8/h2-5H,13H2,1H3. The van der Waals surface area contributed by atoms with Gasteiger partial charge < -0.3 is 10.3 Å². The van der Waals surface area contributed by atoms with Gasteiger partial charge in [0.25, 0.3) is 5.89 Å². The quantitative estimate of drug-likeness (QED) is 0.773. The Morgan fingerprint density at radius 2 is 2.16 bits per heavy atom. The summed E-state index contributed by atoms with van der Waals surface area (Å²) in [5, 5.41) is 8.67. The largest absolute Gasteiger partial charge is 0.332 e. The molecule has 0 amide bonds. The Labute approximate surface area is 125 Å². The zero-order valence-electron chi connectivity index (χ0n) is 9.83. The molecular formula is C11H9BrN4OS2. The molecule has 0 saturated carbocycles. The molecule has 2 N–H and O–H groups in total. The number of hydrogen-bond donors (Lipinski definition) is 1. The van der Waals surface area contributed by atoms with Gasteiger partial charge in [-0.25, -0.2) is 4.98 Å². The fraction of sp³-hybridized carbons (Fsp3) is 0.182. The summed E-state index contributed by atoms with van der Waals surface area (Å²) in [5.41, 5.74) is 6.45. The summed E-state index contributed by atoms with van der Waals surface area (Å²) in [5.74, 6) is 0.990. The highest BCUT2D eigenvalue weighted by atomic mass is 79.9. The molecule has 0 aliphatic carbocycles. The minimum absolute atomic E-state index is 0.0885. The maximum atomic E-state index is 5.78. The molecule has 19 heavy (non-hydrogen) atoms. The van der Waals surface area contributed by atoms with Crippen LogP contribution >= 0.6 is 38.6 Å². The van der Waals surface area contributed by atoms with E-state index in [2.05, 4.69) is 31.1 Å². The Morgan fingerprint density at radius 3 is 2.79 bits per heavy atom. The van der Waals surface area contributed by atoms with Crippen LogP contribution in [0, 0.1) is 0 Å². The van der Waals surface area contributed by atoms with Gasteiger partial charge in [-0.05, 0) is 28.9 Å². The van der Waals surface area contributed by atoms with Crippen molar-refractivity contribution in [3.8, 4) is 22.3 Å². The molecule has 5 nitrogen and oxygen atoms in total. The summed E-state index contributed by atoms with van der Waals surface area (Å²) >= 11 is 6.44. The zero-order valence-corrected chi connectivity index (χ0v) is 13.1. The van der Waals surface area contributed by atoms with Gasteiger partial charge in [0.15, 0.2) is 0 Å². The van der Waals surface area contributed by atoms with Crippen molar-refractivity contribution >= 4 is 38.6 Å². The number of nitrogens with two attached hydrogens (primary N) is 1. The van der Waals surface area contributed by atoms with Gasteiger partial charge in [0.1, 0.15) is 10.7 Å². The van der Waals surface area contributed by atoms with E-state index >= 15 is 0 Å². The van der Waals surface area contributed by atoms with Crippen LogP contribution in [0.4, 0.5) is 0 Å². The maximum Gasteiger partial charge on any atom is 0.277 e. The highest BCUT2D eigenvalue weighted by molar-refractivity contribution is 9.10. The van der Waals surface area contributed by atoms with Crippen molar-refractivity contribution in [2.75, 3.05) is 0 Å². The molecule has 0 radical (unpaired) electrons.